The second kappa shape index (κ2) is 5.14. The fraction of sp³-hybridized carbons (Fsp3) is 0.300. The van der Waals surface area contributed by atoms with Crippen LogP contribution in [0.4, 0.5) is 0 Å². The minimum Gasteiger partial charge on any atom is -0.480 e. The summed E-state index contributed by atoms with van der Waals surface area (Å²) in [5.74, 6) is 0.00614. The Hall–Kier alpha value is -1.07. The molecule has 0 spiro atoms. The van der Waals surface area contributed by atoms with Crippen LogP contribution in [0.1, 0.15) is 12.5 Å². The van der Waals surface area contributed by atoms with Gasteiger partial charge < -0.3 is 15.6 Å². The number of hydrogen-bond donors (Lipinski definition) is 2. The Morgan fingerprint density at radius 2 is 2.33 bits per heavy atom. The van der Waals surface area contributed by atoms with Gasteiger partial charge in [0.1, 0.15) is 5.75 Å². The van der Waals surface area contributed by atoms with E-state index in [9.17, 15) is 4.79 Å². The zero-order valence-electron chi connectivity index (χ0n) is 8.24. The molecule has 0 heterocycles. The van der Waals surface area contributed by atoms with Gasteiger partial charge in [0.25, 0.3) is 5.91 Å². The largest absolute Gasteiger partial charge is 0.480 e. The first-order valence-corrected chi connectivity index (χ1v) is 5.19. The highest BCUT2D eigenvalue weighted by atomic mass is 79.9. The topological polar surface area (TPSA) is 72.6 Å². The number of benzene rings is 1. The van der Waals surface area contributed by atoms with Crippen molar-refractivity contribution in [3.05, 3.63) is 28.2 Å². The summed E-state index contributed by atoms with van der Waals surface area (Å²) in [5.41, 5.74) is 5.84. The highest BCUT2D eigenvalue weighted by Crippen LogP contribution is 2.26. The van der Waals surface area contributed by atoms with Crippen LogP contribution < -0.4 is 10.5 Å². The fourth-order valence-electron chi connectivity index (χ4n) is 0.987. The van der Waals surface area contributed by atoms with Crippen LogP contribution in [0.3, 0.4) is 0 Å². The number of amides is 1. The van der Waals surface area contributed by atoms with E-state index in [2.05, 4.69) is 15.9 Å². The standard InChI is InChI=1S/C10H12BrNO3/c1-6(10(12)14)15-9-3-2-7(5-13)4-8(9)11/h2-4,6,13H,5H2,1H3,(H2,12,14). The second-order valence-electron chi connectivity index (χ2n) is 3.09. The summed E-state index contributed by atoms with van der Waals surface area (Å²) in [5, 5.41) is 8.89. The molecule has 0 fully saturated rings. The zero-order chi connectivity index (χ0) is 11.4. The molecule has 1 atom stereocenters. The number of rotatable bonds is 4. The molecular weight excluding hydrogens is 262 g/mol. The van der Waals surface area contributed by atoms with Crippen LogP contribution in [0.15, 0.2) is 22.7 Å². The maximum absolute atomic E-state index is 10.8. The molecular formula is C10H12BrNO3. The van der Waals surface area contributed by atoms with E-state index in [-0.39, 0.29) is 6.61 Å². The number of hydrogen-bond acceptors (Lipinski definition) is 3. The van der Waals surface area contributed by atoms with Gasteiger partial charge in [0, 0.05) is 0 Å². The van der Waals surface area contributed by atoms with Crippen molar-refractivity contribution in [1.82, 2.24) is 0 Å². The van der Waals surface area contributed by atoms with Crippen molar-refractivity contribution in [2.45, 2.75) is 19.6 Å². The third kappa shape index (κ3) is 3.21. The van der Waals surface area contributed by atoms with Crippen molar-refractivity contribution in [1.29, 1.82) is 0 Å². The first-order valence-electron chi connectivity index (χ1n) is 4.40. The molecule has 1 amide bonds. The molecule has 15 heavy (non-hydrogen) atoms. The van der Waals surface area contributed by atoms with Crippen LogP contribution in [0.25, 0.3) is 0 Å². The summed E-state index contributed by atoms with van der Waals surface area (Å²) in [6, 6.07) is 5.12. The van der Waals surface area contributed by atoms with E-state index in [0.717, 1.165) is 5.56 Å². The number of aliphatic hydroxyl groups is 1. The van der Waals surface area contributed by atoms with Crippen LogP contribution in [-0.2, 0) is 11.4 Å². The lowest BCUT2D eigenvalue weighted by molar-refractivity contribution is -0.124. The average molecular weight is 274 g/mol. The van der Waals surface area contributed by atoms with E-state index in [4.69, 9.17) is 15.6 Å². The lowest BCUT2D eigenvalue weighted by atomic mass is 10.2. The van der Waals surface area contributed by atoms with Gasteiger partial charge in [-0.2, -0.15) is 0 Å². The van der Waals surface area contributed by atoms with E-state index >= 15 is 0 Å². The van der Waals surface area contributed by atoms with Crippen LogP contribution in [0, 0.1) is 0 Å². The molecule has 1 aromatic carbocycles. The molecule has 0 saturated carbocycles. The van der Waals surface area contributed by atoms with Crippen molar-refractivity contribution in [2.75, 3.05) is 0 Å². The zero-order valence-corrected chi connectivity index (χ0v) is 9.82. The van der Waals surface area contributed by atoms with E-state index in [1.165, 1.54) is 0 Å². The minimum absolute atomic E-state index is 0.0374. The van der Waals surface area contributed by atoms with Crippen molar-refractivity contribution in [3.63, 3.8) is 0 Å². The Balaban J connectivity index is 2.82. The smallest absolute Gasteiger partial charge is 0.258 e. The SMILES string of the molecule is CC(Oc1ccc(CO)cc1Br)C(N)=O. The number of halogens is 1. The van der Waals surface area contributed by atoms with Gasteiger partial charge in [-0.3, -0.25) is 4.79 Å². The second-order valence-corrected chi connectivity index (χ2v) is 3.94. The van der Waals surface area contributed by atoms with E-state index in [1.807, 2.05) is 0 Å². The highest BCUT2D eigenvalue weighted by Gasteiger charge is 2.12. The molecule has 0 bridgehead atoms. The Labute approximate surface area is 96.2 Å². The first kappa shape index (κ1) is 12.0. The molecule has 0 radical (unpaired) electrons. The predicted octanol–water partition coefficient (Wildman–Crippen LogP) is 1.19. The number of carbonyl (C=O) groups is 1. The van der Waals surface area contributed by atoms with Crippen molar-refractivity contribution in [3.8, 4) is 5.75 Å². The molecule has 0 aliphatic carbocycles. The molecule has 82 valence electrons. The van der Waals surface area contributed by atoms with Gasteiger partial charge in [0.2, 0.25) is 0 Å². The molecule has 0 aliphatic rings. The molecule has 1 rings (SSSR count). The van der Waals surface area contributed by atoms with Gasteiger partial charge in [-0.05, 0) is 40.5 Å². The molecule has 1 aromatic rings. The summed E-state index contributed by atoms with van der Waals surface area (Å²) in [7, 11) is 0. The maximum atomic E-state index is 10.8. The Morgan fingerprint density at radius 1 is 1.67 bits per heavy atom. The van der Waals surface area contributed by atoms with E-state index in [0.29, 0.717) is 10.2 Å². The summed E-state index contributed by atoms with van der Waals surface area (Å²) in [6.45, 7) is 1.54. The number of aliphatic hydroxyl groups excluding tert-OH is 1. The molecule has 0 saturated heterocycles. The highest BCUT2D eigenvalue weighted by molar-refractivity contribution is 9.10. The number of ether oxygens (including phenoxy) is 1. The quantitative estimate of drug-likeness (QED) is 0.866. The van der Waals surface area contributed by atoms with Crippen LogP contribution >= 0.6 is 15.9 Å². The van der Waals surface area contributed by atoms with Crippen molar-refractivity contribution in [2.24, 2.45) is 5.73 Å². The van der Waals surface area contributed by atoms with Crippen LogP contribution in [0.5, 0.6) is 5.75 Å². The fourth-order valence-corrected chi connectivity index (χ4v) is 1.51. The van der Waals surface area contributed by atoms with Gasteiger partial charge in [-0.15, -0.1) is 0 Å². The van der Waals surface area contributed by atoms with Gasteiger partial charge >= 0.3 is 0 Å². The predicted molar refractivity (Wildman–Crippen MR) is 59.3 cm³/mol. The number of carbonyl (C=O) groups excluding carboxylic acids is 1. The van der Waals surface area contributed by atoms with Crippen LogP contribution in [0.2, 0.25) is 0 Å². The Kier molecular flexibility index (Phi) is 4.11. The molecule has 3 N–H and O–H groups in total. The summed E-state index contributed by atoms with van der Waals surface area (Å²) < 4.78 is 5.99. The van der Waals surface area contributed by atoms with Gasteiger partial charge in [-0.1, -0.05) is 6.07 Å². The molecule has 0 aromatic heterocycles. The Bertz CT molecular complexity index is 368. The first-order chi connectivity index (χ1) is 7.04. The lowest BCUT2D eigenvalue weighted by Gasteiger charge is -2.13. The third-order valence-electron chi connectivity index (χ3n) is 1.88. The lowest BCUT2D eigenvalue weighted by Crippen LogP contribution is -2.30. The van der Waals surface area contributed by atoms with Gasteiger partial charge in [0.15, 0.2) is 6.10 Å². The van der Waals surface area contributed by atoms with E-state index < -0.39 is 12.0 Å². The van der Waals surface area contributed by atoms with Crippen molar-refractivity contribution >= 4 is 21.8 Å². The maximum Gasteiger partial charge on any atom is 0.258 e. The summed E-state index contributed by atoms with van der Waals surface area (Å²) in [6.07, 6.45) is -0.679. The van der Waals surface area contributed by atoms with Crippen molar-refractivity contribution < 1.29 is 14.6 Å². The number of primary amides is 1. The molecule has 5 heteroatoms. The molecule has 1 unspecified atom stereocenters. The van der Waals surface area contributed by atoms with Crippen LogP contribution in [-0.4, -0.2) is 17.1 Å². The Morgan fingerprint density at radius 3 is 2.80 bits per heavy atom. The third-order valence-corrected chi connectivity index (χ3v) is 2.50. The number of nitrogens with two attached hydrogens (primary N) is 1. The van der Waals surface area contributed by atoms with Gasteiger partial charge in [-0.25, -0.2) is 0 Å². The normalized spacial score (nSPS) is 12.2. The monoisotopic (exact) mass is 273 g/mol. The molecule has 0 aliphatic heterocycles. The average Bonchev–Trinajstić information content (AvgIpc) is 2.20. The summed E-state index contributed by atoms with van der Waals surface area (Å²) in [4.78, 5) is 10.8. The summed E-state index contributed by atoms with van der Waals surface area (Å²) >= 11 is 3.28. The van der Waals surface area contributed by atoms with E-state index in [1.54, 1.807) is 25.1 Å². The minimum atomic E-state index is -0.679. The van der Waals surface area contributed by atoms with Gasteiger partial charge in [0.05, 0.1) is 11.1 Å². The molecule has 4 nitrogen and oxygen atoms in total.